The van der Waals surface area contributed by atoms with Gasteiger partial charge in [-0.1, -0.05) is 35.3 Å². The quantitative estimate of drug-likeness (QED) is 0.877. The lowest BCUT2D eigenvalue weighted by molar-refractivity contribution is -0.880. The van der Waals surface area contributed by atoms with Crippen LogP contribution in [0.4, 0.5) is 11.4 Å². The number of anilines is 2. The maximum atomic E-state index is 12.3. The van der Waals surface area contributed by atoms with Crippen molar-refractivity contribution in [3.05, 3.63) is 58.1 Å². The Morgan fingerprint density at radius 3 is 2.46 bits per heavy atom. The number of carbonyl (C=O) groups excluding carboxylic acids is 1. The molecule has 0 saturated carbocycles. The van der Waals surface area contributed by atoms with Gasteiger partial charge in [-0.2, -0.15) is 0 Å². The van der Waals surface area contributed by atoms with Gasteiger partial charge < -0.3 is 15.1 Å². The van der Waals surface area contributed by atoms with E-state index in [4.69, 9.17) is 23.2 Å². The fourth-order valence-corrected chi connectivity index (χ4v) is 3.34. The largest absolute Gasteiger partial charge is 0.359 e. The molecular formula is C18H20Cl2N3O+. The second-order valence-electron chi connectivity index (χ2n) is 6.04. The van der Waals surface area contributed by atoms with E-state index in [1.54, 1.807) is 30.3 Å². The number of hydrogen-bond acceptors (Lipinski definition) is 2. The van der Waals surface area contributed by atoms with Gasteiger partial charge in [-0.05, 0) is 30.3 Å². The minimum atomic E-state index is -0.243. The highest BCUT2D eigenvalue weighted by atomic mass is 35.5. The van der Waals surface area contributed by atoms with E-state index in [0.29, 0.717) is 21.3 Å². The molecule has 1 fully saturated rings. The molecule has 2 aromatic carbocycles. The first-order valence-corrected chi connectivity index (χ1v) is 8.72. The van der Waals surface area contributed by atoms with E-state index < -0.39 is 0 Å². The Bertz CT molecular complexity index is 743. The normalized spacial score (nSPS) is 15.4. The Morgan fingerprint density at radius 1 is 1.08 bits per heavy atom. The lowest BCUT2D eigenvalue weighted by Crippen LogP contribution is -3.12. The van der Waals surface area contributed by atoms with Gasteiger partial charge in [0.25, 0.3) is 5.91 Å². The molecule has 1 amide bonds. The SMILES string of the molecule is C[NH+]1CCN(c2ccc(NC(=O)c3ccccc3Cl)cc2Cl)CC1. The summed E-state index contributed by atoms with van der Waals surface area (Å²) in [7, 11) is 2.20. The monoisotopic (exact) mass is 364 g/mol. The molecule has 0 atom stereocenters. The van der Waals surface area contributed by atoms with Crippen LogP contribution in [0.5, 0.6) is 0 Å². The number of hydrogen-bond donors (Lipinski definition) is 2. The molecule has 0 aromatic heterocycles. The van der Waals surface area contributed by atoms with Crippen LogP contribution in [0.2, 0.25) is 10.0 Å². The summed E-state index contributed by atoms with van der Waals surface area (Å²) in [6.07, 6.45) is 0. The number of halogens is 2. The number of nitrogens with one attached hydrogen (secondary N) is 2. The fourth-order valence-electron chi connectivity index (χ4n) is 2.81. The van der Waals surface area contributed by atoms with Crippen molar-refractivity contribution in [1.82, 2.24) is 0 Å². The number of benzene rings is 2. The molecule has 1 aliphatic heterocycles. The zero-order valence-electron chi connectivity index (χ0n) is 13.5. The number of piperazine rings is 1. The van der Waals surface area contributed by atoms with E-state index in [0.717, 1.165) is 31.9 Å². The van der Waals surface area contributed by atoms with Crippen molar-refractivity contribution < 1.29 is 9.69 Å². The Morgan fingerprint density at radius 2 is 1.79 bits per heavy atom. The molecule has 4 nitrogen and oxygen atoms in total. The fraction of sp³-hybridized carbons (Fsp3) is 0.278. The summed E-state index contributed by atoms with van der Waals surface area (Å²) in [6, 6.07) is 12.6. The topological polar surface area (TPSA) is 36.8 Å². The third kappa shape index (κ3) is 3.83. The number of nitrogens with zero attached hydrogens (tertiary/aromatic N) is 1. The lowest BCUT2D eigenvalue weighted by atomic mass is 10.2. The van der Waals surface area contributed by atoms with Crippen LogP contribution in [0, 0.1) is 0 Å². The molecule has 0 bridgehead atoms. The van der Waals surface area contributed by atoms with Crippen LogP contribution in [0.15, 0.2) is 42.5 Å². The first kappa shape index (κ1) is 17.1. The minimum absolute atomic E-state index is 0.243. The van der Waals surface area contributed by atoms with Crippen LogP contribution in [-0.2, 0) is 0 Å². The van der Waals surface area contributed by atoms with Crippen molar-refractivity contribution in [3.8, 4) is 0 Å². The summed E-state index contributed by atoms with van der Waals surface area (Å²) in [6.45, 7) is 4.16. The Balaban J connectivity index is 1.73. The van der Waals surface area contributed by atoms with Gasteiger partial charge in [0.1, 0.15) is 0 Å². The van der Waals surface area contributed by atoms with E-state index in [2.05, 4.69) is 17.3 Å². The van der Waals surface area contributed by atoms with Gasteiger partial charge >= 0.3 is 0 Å². The van der Waals surface area contributed by atoms with Crippen LogP contribution >= 0.6 is 23.2 Å². The first-order chi connectivity index (χ1) is 11.5. The summed E-state index contributed by atoms with van der Waals surface area (Å²) in [4.78, 5) is 16.1. The molecule has 3 rings (SSSR count). The standard InChI is InChI=1S/C18H19Cl2N3O/c1-22-8-10-23(11-9-22)17-7-6-13(12-16(17)20)21-18(24)14-4-2-3-5-15(14)19/h2-7,12H,8-11H2,1H3,(H,21,24)/p+1. The molecule has 126 valence electrons. The van der Waals surface area contributed by atoms with Gasteiger partial charge in [0, 0.05) is 5.69 Å². The predicted molar refractivity (Wildman–Crippen MR) is 99.7 cm³/mol. The summed E-state index contributed by atoms with van der Waals surface area (Å²) in [5.41, 5.74) is 2.12. The third-order valence-corrected chi connectivity index (χ3v) is 4.91. The average Bonchev–Trinajstić information content (AvgIpc) is 2.56. The van der Waals surface area contributed by atoms with E-state index in [1.807, 2.05) is 12.1 Å². The lowest BCUT2D eigenvalue weighted by Gasteiger charge is -2.32. The van der Waals surface area contributed by atoms with Crippen molar-refractivity contribution in [3.63, 3.8) is 0 Å². The molecule has 0 radical (unpaired) electrons. The number of rotatable bonds is 3. The van der Waals surface area contributed by atoms with Crippen molar-refractivity contribution in [2.75, 3.05) is 43.4 Å². The smallest absolute Gasteiger partial charge is 0.257 e. The molecule has 24 heavy (non-hydrogen) atoms. The number of likely N-dealkylation sites (N-methyl/N-ethyl adjacent to an activating group) is 1. The highest BCUT2D eigenvalue weighted by Crippen LogP contribution is 2.29. The average molecular weight is 365 g/mol. The summed E-state index contributed by atoms with van der Waals surface area (Å²) in [5, 5.41) is 3.92. The molecule has 0 spiro atoms. The van der Waals surface area contributed by atoms with Crippen LogP contribution in [-0.4, -0.2) is 39.1 Å². The van der Waals surface area contributed by atoms with Crippen LogP contribution in [0.25, 0.3) is 0 Å². The van der Waals surface area contributed by atoms with Gasteiger partial charge in [-0.25, -0.2) is 0 Å². The highest BCUT2D eigenvalue weighted by Gasteiger charge is 2.19. The summed E-state index contributed by atoms with van der Waals surface area (Å²) >= 11 is 12.5. The summed E-state index contributed by atoms with van der Waals surface area (Å²) < 4.78 is 0. The molecular weight excluding hydrogens is 345 g/mol. The van der Waals surface area contributed by atoms with Gasteiger partial charge in [-0.15, -0.1) is 0 Å². The van der Waals surface area contributed by atoms with Crippen molar-refractivity contribution in [2.24, 2.45) is 0 Å². The second-order valence-corrected chi connectivity index (χ2v) is 6.86. The summed E-state index contributed by atoms with van der Waals surface area (Å²) in [5.74, 6) is -0.243. The highest BCUT2D eigenvalue weighted by molar-refractivity contribution is 6.35. The minimum Gasteiger partial charge on any atom is -0.359 e. The van der Waals surface area contributed by atoms with E-state index in [-0.39, 0.29) is 5.91 Å². The molecule has 0 aliphatic carbocycles. The molecule has 1 saturated heterocycles. The molecule has 1 heterocycles. The molecule has 6 heteroatoms. The molecule has 2 aromatic rings. The van der Waals surface area contributed by atoms with Crippen molar-refractivity contribution >= 4 is 40.5 Å². The van der Waals surface area contributed by atoms with Gasteiger partial charge in [0.15, 0.2) is 0 Å². The van der Waals surface area contributed by atoms with Gasteiger partial charge in [-0.3, -0.25) is 4.79 Å². The zero-order valence-corrected chi connectivity index (χ0v) is 15.0. The van der Waals surface area contributed by atoms with Crippen LogP contribution in [0.1, 0.15) is 10.4 Å². The van der Waals surface area contributed by atoms with Crippen molar-refractivity contribution in [1.29, 1.82) is 0 Å². The number of carbonyl (C=O) groups is 1. The van der Waals surface area contributed by atoms with E-state index in [1.165, 1.54) is 4.90 Å². The molecule has 2 N–H and O–H groups in total. The molecule has 0 unspecified atom stereocenters. The van der Waals surface area contributed by atoms with Crippen molar-refractivity contribution in [2.45, 2.75) is 0 Å². The molecule has 1 aliphatic rings. The number of quaternary nitrogens is 1. The zero-order chi connectivity index (χ0) is 17.1. The maximum Gasteiger partial charge on any atom is 0.257 e. The van der Waals surface area contributed by atoms with E-state index >= 15 is 0 Å². The predicted octanol–water partition coefficient (Wildman–Crippen LogP) is 2.58. The Kier molecular flexibility index (Phi) is 5.29. The van der Waals surface area contributed by atoms with Crippen LogP contribution < -0.4 is 15.1 Å². The maximum absolute atomic E-state index is 12.3. The number of amides is 1. The van der Waals surface area contributed by atoms with Gasteiger partial charge in [0.2, 0.25) is 0 Å². The van der Waals surface area contributed by atoms with Gasteiger partial charge in [0.05, 0.1) is 54.5 Å². The van der Waals surface area contributed by atoms with E-state index in [9.17, 15) is 4.79 Å². The second kappa shape index (κ2) is 7.43. The Hall–Kier alpha value is -1.75. The third-order valence-electron chi connectivity index (χ3n) is 4.28. The Labute approximate surface area is 152 Å². The first-order valence-electron chi connectivity index (χ1n) is 7.96. The van der Waals surface area contributed by atoms with Crippen LogP contribution in [0.3, 0.4) is 0 Å².